The molecule has 0 N–H and O–H groups in total. The Hall–Kier alpha value is -1.10. The molecule has 5 nitrogen and oxygen atoms in total. The monoisotopic (exact) mass is 358 g/mol. The van der Waals surface area contributed by atoms with Crippen LogP contribution >= 0.6 is 0 Å². The van der Waals surface area contributed by atoms with E-state index < -0.39 is 0 Å². The maximum Gasteiger partial charge on any atom is 0.305 e. The fourth-order valence-corrected chi connectivity index (χ4v) is 2.42. The lowest BCUT2D eigenvalue weighted by Crippen LogP contribution is -2.14. The van der Waals surface area contributed by atoms with Crippen LogP contribution in [0, 0.1) is 0 Å². The molecule has 0 saturated heterocycles. The van der Waals surface area contributed by atoms with Gasteiger partial charge in [0.25, 0.3) is 0 Å². The minimum Gasteiger partial charge on any atom is -0.463 e. The van der Waals surface area contributed by atoms with Gasteiger partial charge in [0.05, 0.1) is 13.2 Å². The van der Waals surface area contributed by atoms with Gasteiger partial charge >= 0.3 is 11.9 Å². The first kappa shape index (κ1) is 23.9. The van der Waals surface area contributed by atoms with Crippen LogP contribution in [-0.4, -0.2) is 38.4 Å². The van der Waals surface area contributed by atoms with Crippen LogP contribution in [0.5, 0.6) is 0 Å². The highest BCUT2D eigenvalue weighted by Crippen LogP contribution is 2.07. The van der Waals surface area contributed by atoms with E-state index in [1.807, 2.05) is 0 Å². The molecular formula is C20H38O5. The highest BCUT2D eigenvalue weighted by Gasteiger charge is 2.04. The summed E-state index contributed by atoms with van der Waals surface area (Å²) in [5.41, 5.74) is 0. The topological polar surface area (TPSA) is 61.8 Å². The zero-order chi connectivity index (χ0) is 18.6. The van der Waals surface area contributed by atoms with E-state index in [0.717, 1.165) is 38.5 Å². The lowest BCUT2D eigenvalue weighted by molar-refractivity contribution is -0.146. The van der Waals surface area contributed by atoms with Crippen molar-refractivity contribution in [2.75, 3.05) is 26.4 Å². The number of esters is 2. The first-order valence-electron chi connectivity index (χ1n) is 10.1. The van der Waals surface area contributed by atoms with Crippen LogP contribution in [0.2, 0.25) is 0 Å². The average molecular weight is 359 g/mol. The van der Waals surface area contributed by atoms with E-state index in [1.54, 1.807) is 0 Å². The Morgan fingerprint density at radius 3 is 1.44 bits per heavy atom. The van der Waals surface area contributed by atoms with E-state index in [1.165, 1.54) is 25.7 Å². The standard InChI is InChI=1S/C20H38O5/c1-3-5-7-9-10-12-14-20(22)25-18-16-23-15-17-24-19(21)13-11-8-6-4-2/h3-18H2,1-2H3. The van der Waals surface area contributed by atoms with Crippen molar-refractivity contribution in [3.63, 3.8) is 0 Å². The summed E-state index contributed by atoms with van der Waals surface area (Å²) in [6.45, 7) is 5.55. The zero-order valence-electron chi connectivity index (χ0n) is 16.4. The molecule has 25 heavy (non-hydrogen) atoms. The Bertz CT molecular complexity index is 317. The molecule has 5 heteroatoms. The number of unbranched alkanes of at least 4 members (excludes halogenated alkanes) is 8. The molecular weight excluding hydrogens is 320 g/mol. The molecule has 0 fully saturated rings. The summed E-state index contributed by atoms with van der Waals surface area (Å²) in [5.74, 6) is -0.317. The molecule has 0 amide bonds. The summed E-state index contributed by atoms with van der Waals surface area (Å²) in [6.07, 6.45) is 12.2. The van der Waals surface area contributed by atoms with Crippen molar-refractivity contribution in [3.05, 3.63) is 0 Å². The molecule has 0 spiro atoms. The van der Waals surface area contributed by atoms with Gasteiger partial charge in [-0.2, -0.15) is 0 Å². The minimum atomic E-state index is -0.162. The summed E-state index contributed by atoms with van der Waals surface area (Å²) < 4.78 is 15.5. The van der Waals surface area contributed by atoms with Gasteiger partial charge < -0.3 is 14.2 Å². The van der Waals surface area contributed by atoms with Crippen molar-refractivity contribution >= 4 is 11.9 Å². The second kappa shape index (κ2) is 19.2. The molecule has 0 aliphatic carbocycles. The Morgan fingerprint density at radius 1 is 0.560 bits per heavy atom. The lowest BCUT2D eigenvalue weighted by atomic mass is 10.1. The van der Waals surface area contributed by atoms with Crippen LogP contribution in [0.15, 0.2) is 0 Å². The maximum atomic E-state index is 11.5. The number of hydrogen-bond acceptors (Lipinski definition) is 5. The number of carbonyl (C=O) groups excluding carboxylic acids is 2. The SMILES string of the molecule is CCCCCCCCC(=O)OCCOCCOC(=O)CCCCCC. The second-order valence-electron chi connectivity index (χ2n) is 6.38. The van der Waals surface area contributed by atoms with Crippen molar-refractivity contribution in [3.8, 4) is 0 Å². The fraction of sp³-hybridized carbons (Fsp3) is 0.900. The van der Waals surface area contributed by atoms with Gasteiger partial charge in [-0.25, -0.2) is 0 Å². The zero-order valence-corrected chi connectivity index (χ0v) is 16.4. The molecule has 148 valence electrons. The second-order valence-corrected chi connectivity index (χ2v) is 6.38. The van der Waals surface area contributed by atoms with Gasteiger partial charge in [0.2, 0.25) is 0 Å². The van der Waals surface area contributed by atoms with Crippen LogP contribution in [0.4, 0.5) is 0 Å². The molecule has 0 bridgehead atoms. The van der Waals surface area contributed by atoms with Crippen LogP contribution in [0.3, 0.4) is 0 Å². The Kier molecular flexibility index (Phi) is 18.4. The first-order valence-corrected chi connectivity index (χ1v) is 10.1. The predicted octanol–water partition coefficient (Wildman–Crippen LogP) is 4.81. The Balaban J connectivity index is 3.26. The van der Waals surface area contributed by atoms with Crippen molar-refractivity contribution in [2.24, 2.45) is 0 Å². The van der Waals surface area contributed by atoms with Gasteiger partial charge in [-0.1, -0.05) is 65.2 Å². The van der Waals surface area contributed by atoms with Gasteiger partial charge in [-0.15, -0.1) is 0 Å². The Labute approximate surface area is 153 Å². The van der Waals surface area contributed by atoms with Crippen LogP contribution in [0.25, 0.3) is 0 Å². The van der Waals surface area contributed by atoms with Crippen LogP contribution in [-0.2, 0) is 23.8 Å². The van der Waals surface area contributed by atoms with E-state index in [0.29, 0.717) is 26.1 Å². The number of rotatable bonds is 18. The lowest BCUT2D eigenvalue weighted by Gasteiger charge is -2.07. The number of ether oxygens (including phenoxy) is 3. The molecule has 0 aromatic carbocycles. The number of carbonyl (C=O) groups is 2. The Morgan fingerprint density at radius 2 is 0.960 bits per heavy atom. The highest BCUT2D eigenvalue weighted by atomic mass is 16.6. The molecule has 0 aliphatic heterocycles. The fourth-order valence-electron chi connectivity index (χ4n) is 2.42. The van der Waals surface area contributed by atoms with Gasteiger partial charge in [-0.05, 0) is 12.8 Å². The first-order chi connectivity index (χ1) is 12.2. The van der Waals surface area contributed by atoms with Crippen molar-refractivity contribution in [2.45, 2.75) is 90.9 Å². The van der Waals surface area contributed by atoms with Gasteiger partial charge in [0, 0.05) is 12.8 Å². The maximum absolute atomic E-state index is 11.5. The van der Waals surface area contributed by atoms with Crippen molar-refractivity contribution in [1.82, 2.24) is 0 Å². The largest absolute Gasteiger partial charge is 0.463 e. The molecule has 0 aromatic rings. The van der Waals surface area contributed by atoms with E-state index in [-0.39, 0.29) is 25.2 Å². The predicted molar refractivity (Wildman–Crippen MR) is 99.5 cm³/mol. The molecule has 0 radical (unpaired) electrons. The average Bonchev–Trinajstić information content (AvgIpc) is 2.61. The summed E-state index contributed by atoms with van der Waals surface area (Å²) >= 11 is 0. The molecule has 0 heterocycles. The van der Waals surface area contributed by atoms with E-state index in [2.05, 4.69) is 13.8 Å². The van der Waals surface area contributed by atoms with E-state index in [9.17, 15) is 9.59 Å². The van der Waals surface area contributed by atoms with E-state index >= 15 is 0 Å². The highest BCUT2D eigenvalue weighted by molar-refractivity contribution is 5.69. The number of hydrogen-bond donors (Lipinski definition) is 0. The molecule has 0 unspecified atom stereocenters. The molecule has 0 rings (SSSR count). The summed E-state index contributed by atoms with van der Waals surface area (Å²) in [6, 6.07) is 0. The molecule has 0 atom stereocenters. The summed E-state index contributed by atoms with van der Waals surface area (Å²) in [5, 5.41) is 0. The third-order valence-corrected chi connectivity index (χ3v) is 3.95. The molecule has 0 saturated carbocycles. The summed E-state index contributed by atoms with van der Waals surface area (Å²) in [7, 11) is 0. The minimum absolute atomic E-state index is 0.155. The molecule has 0 aliphatic rings. The molecule has 0 aromatic heterocycles. The van der Waals surface area contributed by atoms with Gasteiger partial charge in [0.15, 0.2) is 0 Å². The normalized spacial score (nSPS) is 10.6. The van der Waals surface area contributed by atoms with Crippen LogP contribution < -0.4 is 0 Å². The van der Waals surface area contributed by atoms with E-state index in [4.69, 9.17) is 14.2 Å². The van der Waals surface area contributed by atoms with Gasteiger partial charge in [0.1, 0.15) is 13.2 Å². The van der Waals surface area contributed by atoms with Crippen molar-refractivity contribution in [1.29, 1.82) is 0 Å². The quantitative estimate of drug-likeness (QED) is 0.260. The van der Waals surface area contributed by atoms with Crippen LogP contribution in [0.1, 0.15) is 90.9 Å². The smallest absolute Gasteiger partial charge is 0.305 e. The summed E-state index contributed by atoms with van der Waals surface area (Å²) in [4.78, 5) is 22.9. The third kappa shape index (κ3) is 19.1. The van der Waals surface area contributed by atoms with Crippen molar-refractivity contribution < 1.29 is 23.8 Å². The third-order valence-electron chi connectivity index (χ3n) is 3.95. The van der Waals surface area contributed by atoms with Gasteiger partial charge in [-0.3, -0.25) is 9.59 Å².